The van der Waals surface area contributed by atoms with E-state index in [-0.39, 0.29) is 5.91 Å². The molecule has 0 aliphatic rings. The fourth-order valence-electron chi connectivity index (χ4n) is 1.58. The predicted molar refractivity (Wildman–Crippen MR) is 87.1 cm³/mol. The second-order valence-electron chi connectivity index (χ2n) is 3.88. The summed E-state index contributed by atoms with van der Waals surface area (Å²) >= 11 is 9.71. The summed E-state index contributed by atoms with van der Waals surface area (Å²) in [4.78, 5) is 14.9. The maximum Gasteiger partial charge on any atom is 0.269 e. The van der Waals surface area contributed by atoms with E-state index in [1.165, 1.54) is 11.3 Å². The zero-order valence-electron chi connectivity index (χ0n) is 10.1. The number of thiocarbonyl (C=S) groups is 1. The van der Waals surface area contributed by atoms with Gasteiger partial charge in [0, 0.05) is 22.8 Å². The summed E-state index contributed by atoms with van der Waals surface area (Å²) in [6, 6.07) is 9.17. The van der Waals surface area contributed by atoms with Crippen LogP contribution in [0.15, 0.2) is 40.2 Å². The Morgan fingerprint density at radius 1 is 1.42 bits per heavy atom. The fourth-order valence-corrected chi connectivity index (χ4v) is 3.23. The van der Waals surface area contributed by atoms with E-state index in [0.717, 1.165) is 15.7 Å². The monoisotopic (exact) mass is 354 g/mol. The van der Waals surface area contributed by atoms with Crippen molar-refractivity contribution in [3.05, 3.63) is 50.6 Å². The highest BCUT2D eigenvalue weighted by molar-refractivity contribution is 9.10. The van der Waals surface area contributed by atoms with Crippen LogP contribution in [0.4, 0.5) is 5.69 Å². The second-order valence-corrected chi connectivity index (χ2v) is 6.09. The normalized spacial score (nSPS) is 10.2. The van der Waals surface area contributed by atoms with Crippen molar-refractivity contribution >= 4 is 56.1 Å². The molecule has 2 N–H and O–H groups in total. The molecule has 1 heterocycles. The van der Waals surface area contributed by atoms with Crippen LogP contribution in [-0.4, -0.2) is 17.9 Å². The molecule has 1 amide bonds. The van der Waals surface area contributed by atoms with Gasteiger partial charge in [-0.1, -0.05) is 24.4 Å². The molecule has 0 unspecified atom stereocenters. The van der Waals surface area contributed by atoms with Crippen molar-refractivity contribution in [1.29, 1.82) is 0 Å². The van der Waals surface area contributed by atoms with Crippen LogP contribution >= 0.6 is 39.5 Å². The molecule has 19 heavy (non-hydrogen) atoms. The van der Waals surface area contributed by atoms with Crippen LogP contribution in [0, 0.1) is 0 Å². The van der Waals surface area contributed by atoms with Crippen LogP contribution in [0.1, 0.15) is 15.2 Å². The quantitative estimate of drug-likeness (QED) is 0.859. The maximum atomic E-state index is 12.4. The molecule has 0 bridgehead atoms. The first kappa shape index (κ1) is 14.2. The Balaban J connectivity index is 2.32. The van der Waals surface area contributed by atoms with Gasteiger partial charge in [-0.15, -0.1) is 11.3 Å². The molecule has 0 saturated carbocycles. The summed E-state index contributed by atoms with van der Waals surface area (Å²) in [5.41, 5.74) is 7.11. The van der Waals surface area contributed by atoms with Crippen molar-refractivity contribution < 1.29 is 4.79 Å². The fraction of sp³-hybridized carbons (Fsp3) is 0.0769. The van der Waals surface area contributed by atoms with Crippen LogP contribution in [0.2, 0.25) is 0 Å². The Morgan fingerprint density at radius 3 is 2.74 bits per heavy atom. The molecular formula is C13H11BrN2OS2. The summed E-state index contributed by atoms with van der Waals surface area (Å²) in [7, 11) is 1.73. The lowest BCUT2D eigenvalue weighted by atomic mass is 10.2. The highest BCUT2D eigenvalue weighted by Crippen LogP contribution is 2.26. The molecular weight excluding hydrogens is 344 g/mol. The highest BCUT2D eigenvalue weighted by atomic mass is 79.9. The molecule has 0 fully saturated rings. The Morgan fingerprint density at radius 2 is 2.16 bits per heavy atom. The number of hydrogen-bond donors (Lipinski definition) is 1. The van der Waals surface area contributed by atoms with Crippen molar-refractivity contribution in [1.82, 2.24) is 0 Å². The molecule has 0 aliphatic heterocycles. The summed E-state index contributed by atoms with van der Waals surface area (Å²) in [6.07, 6.45) is 0. The third kappa shape index (κ3) is 3.02. The van der Waals surface area contributed by atoms with Gasteiger partial charge in [0.05, 0.1) is 0 Å². The SMILES string of the molecule is CN(C(=O)c1sccc1Br)c1cccc(C(N)=S)c1. The Kier molecular flexibility index (Phi) is 4.34. The van der Waals surface area contributed by atoms with Gasteiger partial charge in [-0.25, -0.2) is 0 Å². The van der Waals surface area contributed by atoms with E-state index in [1.807, 2.05) is 35.7 Å². The largest absolute Gasteiger partial charge is 0.389 e. The third-order valence-electron chi connectivity index (χ3n) is 2.63. The van der Waals surface area contributed by atoms with Gasteiger partial charge >= 0.3 is 0 Å². The number of anilines is 1. The van der Waals surface area contributed by atoms with Gasteiger partial charge in [0.25, 0.3) is 5.91 Å². The number of carbonyl (C=O) groups is 1. The summed E-state index contributed by atoms with van der Waals surface area (Å²) < 4.78 is 0.805. The van der Waals surface area contributed by atoms with E-state index in [9.17, 15) is 4.79 Å². The van der Waals surface area contributed by atoms with Crippen LogP contribution in [0.5, 0.6) is 0 Å². The maximum absolute atomic E-state index is 12.4. The van der Waals surface area contributed by atoms with Crippen LogP contribution < -0.4 is 10.6 Å². The van der Waals surface area contributed by atoms with Gasteiger partial charge in [-0.3, -0.25) is 4.79 Å². The molecule has 2 aromatic rings. The van der Waals surface area contributed by atoms with Gasteiger partial charge < -0.3 is 10.6 Å². The lowest BCUT2D eigenvalue weighted by molar-refractivity contribution is 0.0996. The second kappa shape index (κ2) is 5.81. The van der Waals surface area contributed by atoms with Crippen LogP contribution in [0.25, 0.3) is 0 Å². The zero-order valence-corrected chi connectivity index (χ0v) is 13.3. The molecule has 1 aromatic heterocycles. The lowest BCUT2D eigenvalue weighted by Crippen LogP contribution is -2.26. The number of nitrogens with zero attached hydrogens (tertiary/aromatic N) is 1. The Bertz CT molecular complexity index is 639. The average molecular weight is 355 g/mol. The number of rotatable bonds is 3. The van der Waals surface area contributed by atoms with E-state index in [2.05, 4.69) is 15.9 Å². The van der Waals surface area contributed by atoms with Gasteiger partial charge in [-0.05, 0) is 39.5 Å². The first-order valence-electron chi connectivity index (χ1n) is 5.41. The van der Waals surface area contributed by atoms with Crippen molar-refractivity contribution in [2.24, 2.45) is 5.73 Å². The first-order valence-corrected chi connectivity index (χ1v) is 7.49. The van der Waals surface area contributed by atoms with Crippen LogP contribution in [-0.2, 0) is 0 Å². The molecule has 6 heteroatoms. The average Bonchev–Trinajstić information content (AvgIpc) is 2.83. The van der Waals surface area contributed by atoms with Crippen molar-refractivity contribution in [3.8, 4) is 0 Å². The Hall–Kier alpha value is -1.24. The number of thiophene rings is 1. The Labute approximate surface area is 129 Å². The van der Waals surface area contributed by atoms with Crippen molar-refractivity contribution in [2.45, 2.75) is 0 Å². The number of hydrogen-bond acceptors (Lipinski definition) is 3. The molecule has 0 aliphatic carbocycles. The van der Waals surface area contributed by atoms with Crippen LogP contribution in [0.3, 0.4) is 0 Å². The number of carbonyl (C=O) groups excluding carboxylic acids is 1. The van der Waals surface area contributed by atoms with E-state index < -0.39 is 0 Å². The van der Waals surface area contributed by atoms with Gasteiger partial charge in [0.15, 0.2) is 0 Å². The zero-order chi connectivity index (χ0) is 14.0. The highest BCUT2D eigenvalue weighted by Gasteiger charge is 2.17. The topological polar surface area (TPSA) is 46.3 Å². The molecule has 3 nitrogen and oxygen atoms in total. The lowest BCUT2D eigenvalue weighted by Gasteiger charge is -2.17. The number of nitrogens with two attached hydrogens (primary N) is 1. The van der Waals surface area contributed by atoms with Gasteiger partial charge in [-0.2, -0.15) is 0 Å². The van der Waals surface area contributed by atoms with E-state index in [4.69, 9.17) is 18.0 Å². The van der Waals surface area contributed by atoms with Gasteiger partial charge in [0.1, 0.15) is 9.87 Å². The molecule has 0 spiro atoms. The number of halogens is 1. The first-order chi connectivity index (χ1) is 9.00. The molecule has 98 valence electrons. The molecule has 0 radical (unpaired) electrons. The third-order valence-corrected chi connectivity index (χ3v) is 4.70. The standard InChI is InChI=1S/C13H11BrN2OS2/c1-16(13(17)11-10(14)5-6-19-11)9-4-2-3-8(7-9)12(15)18/h2-7H,1H3,(H2,15,18). The smallest absolute Gasteiger partial charge is 0.269 e. The minimum absolute atomic E-state index is 0.0676. The van der Waals surface area contributed by atoms with Crippen molar-refractivity contribution in [3.63, 3.8) is 0 Å². The summed E-state index contributed by atoms with van der Waals surface area (Å²) in [6.45, 7) is 0. The predicted octanol–water partition coefficient (Wildman–Crippen LogP) is 3.42. The van der Waals surface area contributed by atoms with Crippen molar-refractivity contribution in [2.75, 3.05) is 11.9 Å². The van der Waals surface area contributed by atoms with E-state index >= 15 is 0 Å². The number of amides is 1. The molecule has 0 atom stereocenters. The number of benzene rings is 1. The minimum atomic E-state index is -0.0676. The van der Waals surface area contributed by atoms with E-state index in [1.54, 1.807) is 11.9 Å². The molecule has 0 saturated heterocycles. The van der Waals surface area contributed by atoms with Gasteiger partial charge in [0.2, 0.25) is 0 Å². The molecule has 1 aromatic carbocycles. The minimum Gasteiger partial charge on any atom is -0.389 e. The van der Waals surface area contributed by atoms with E-state index in [0.29, 0.717) is 9.87 Å². The summed E-state index contributed by atoms with van der Waals surface area (Å²) in [5.74, 6) is -0.0676. The molecule has 2 rings (SSSR count). The summed E-state index contributed by atoms with van der Waals surface area (Å²) in [5, 5.41) is 1.87.